The Balaban J connectivity index is 3.09. The lowest BCUT2D eigenvalue weighted by atomic mass is 9.73. The third-order valence-electron chi connectivity index (χ3n) is 1.32. The van der Waals surface area contributed by atoms with Gasteiger partial charge in [-0.2, -0.15) is 0 Å². The fourth-order valence-electron chi connectivity index (χ4n) is 0.773. The van der Waals surface area contributed by atoms with Crippen molar-refractivity contribution in [3.8, 4) is 11.5 Å². The summed E-state index contributed by atoms with van der Waals surface area (Å²) in [6.45, 7) is 1.80. The summed E-state index contributed by atoms with van der Waals surface area (Å²) in [6, 6.07) is 4.42. The number of phenols is 2. The summed E-state index contributed by atoms with van der Waals surface area (Å²) in [4.78, 5) is 0. The molecule has 0 heterocycles. The fraction of sp³-hybridized carbons (Fsp3) is 0.143. The first-order valence-corrected chi connectivity index (χ1v) is 3.05. The van der Waals surface area contributed by atoms with Crippen LogP contribution in [0.15, 0.2) is 18.2 Å². The average Bonchev–Trinajstić information content (AvgIpc) is 1.94. The van der Waals surface area contributed by atoms with Crippen LogP contribution in [0.4, 0.5) is 0 Å². The van der Waals surface area contributed by atoms with Gasteiger partial charge in [-0.3, -0.25) is 0 Å². The number of hydrogen-bond donors (Lipinski definition) is 2. The van der Waals surface area contributed by atoms with E-state index in [1.165, 1.54) is 18.2 Å². The molecule has 0 bridgehead atoms. The number of phenolic OH excluding ortho intramolecular Hbond substituents is 2. The van der Waals surface area contributed by atoms with E-state index in [0.29, 0.717) is 5.46 Å². The molecule has 0 saturated carbocycles. The maximum absolute atomic E-state index is 9.09. The number of benzene rings is 1. The number of aromatic hydroxyl groups is 2. The van der Waals surface area contributed by atoms with E-state index in [-0.39, 0.29) is 11.5 Å². The van der Waals surface area contributed by atoms with Gasteiger partial charge in [0.25, 0.3) is 0 Å². The van der Waals surface area contributed by atoms with Crippen LogP contribution in [0.2, 0.25) is 6.82 Å². The standard InChI is InChI=1S/C7H8BO2/c1-8-6-4-5(9)2-3-7(6)10/h2-4,9-10H,1H3. The lowest BCUT2D eigenvalue weighted by Crippen LogP contribution is -2.09. The summed E-state index contributed by atoms with van der Waals surface area (Å²) in [5.74, 6) is 0.367. The summed E-state index contributed by atoms with van der Waals surface area (Å²) in [7, 11) is 1.73. The predicted molar refractivity (Wildman–Crippen MR) is 41.0 cm³/mol. The van der Waals surface area contributed by atoms with Crippen molar-refractivity contribution < 1.29 is 10.2 Å². The molecule has 0 atom stereocenters. The lowest BCUT2D eigenvalue weighted by Gasteiger charge is -1.99. The third kappa shape index (κ3) is 1.24. The first kappa shape index (κ1) is 7.00. The molecule has 0 spiro atoms. The van der Waals surface area contributed by atoms with Crippen molar-refractivity contribution in [2.75, 3.05) is 0 Å². The zero-order chi connectivity index (χ0) is 7.56. The van der Waals surface area contributed by atoms with Gasteiger partial charge in [0.15, 0.2) is 7.28 Å². The highest BCUT2D eigenvalue weighted by molar-refractivity contribution is 6.53. The van der Waals surface area contributed by atoms with E-state index in [1.54, 1.807) is 14.1 Å². The van der Waals surface area contributed by atoms with Gasteiger partial charge in [-0.15, -0.1) is 0 Å². The molecule has 1 aromatic rings. The van der Waals surface area contributed by atoms with E-state index < -0.39 is 0 Å². The Morgan fingerprint density at radius 1 is 1.30 bits per heavy atom. The Morgan fingerprint density at radius 3 is 2.50 bits per heavy atom. The van der Waals surface area contributed by atoms with Crippen LogP contribution in [0.1, 0.15) is 0 Å². The second-order valence-electron chi connectivity index (χ2n) is 2.03. The summed E-state index contributed by atoms with van der Waals surface area (Å²) in [5, 5.41) is 18.0. The molecular weight excluding hydrogens is 127 g/mol. The summed E-state index contributed by atoms with van der Waals surface area (Å²) in [6.07, 6.45) is 0. The molecule has 0 unspecified atom stereocenters. The average molecular weight is 135 g/mol. The van der Waals surface area contributed by atoms with Crippen LogP contribution in [-0.2, 0) is 0 Å². The monoisotopic (exact) mass is 135 g/mol. The topological polar surface area (TPSA) is 40.5 Å². The third-order valence-corrected chi connectivity index (χ3v) is 1.32. The van der Waals surface area contributed by atoms with Crippen LogP contribution >= 0.6 is 0 Å². The van der Waals surface area contributed by atoms with E-state index in [1.807, 2.05) is 0 Å². The van der Waals surface area contributed by atoms with Crippen molar-refractivity contribution in [2.24, 2.45) is 0 Å². The van der Waals surface area contributed by atoms with E-state index in [9.17, 15) is 0 Å². The molecule has 1 radical (unpaired) electrons. The van der Waals surface area contributed by atoms with Gasteiger partial charge in [-0.1, -0.05) is 6.82 Å². The van der Waals surface area contributed by atoms with Crippen LogP contribution in [0, 0.1) is 0 Å². The summed E-state index contributed by atoms with van der Waals surface area (Å²) >= 11 is 0. The molecule has 1 rings (SSSR count). The SMILES string of the molecule is C[B]c1cc(O)ccc1O. The Kier molecular flexibility index (Phi) is 1.85. The van der Waals surface area contributed by atoms with Crippen molar-refractivity contribution in [3.05, 3.63) is 18.2 Å². The minimum Gasteiger partial charge on any atom is -0.509 e. The molecule has 0 fully saturated rings. The normalized spacial score (nSPS) is 9.30. The second-order valence-corrected chi connectivity index (χ2v) is 2.03. The number of rotatable bonds is 1. The Labute approximate surface area is 60.4 Å². The second kappa shape index (κ2) is 2.65. The molecule has 3 heteroatoms. The van der Waals surface area contributed by atoms with Crippen LogP contribution in [0.25, 0.3) is 0 Å². The van der Waals surface area contributed by atoms with Gasteiger partial charge in [0.2, 0.25) is 0 Å². The molecule has 10 heavy (non-hydrogen) atoms. The van der Waals surface area contributed by atoms with Crippen LogP contribution in [-0.4, -0.2) is 17.5 Å². The highest BCUT2D eigenvalue weighted by atomic mass is 16.3. The molecule has 51 valence electrons. The zero-order valence-corrected chi connectivity index (χ0v) is 5.70. The van der Waals surface area contributed by atoms with E-state index in [4.69, 9.17) is 10.2 Å². The Hall–Kier alpha value is -1.12. The highest BCUT2D eigenvalue weighted by Gasteiger charge is 1.98. The molecular formula is C7H8BO2. The lowest BCUT2D eigenvalue weighted by molar-refractivity contribution is 0.463. The zero-order valence-electron chi connectivity index (χ0n) is 5.70. The van der Waals surface area contributed by atoms with Gasteiger partial charge in [0, 0.05) is 0 Å². The Morgan fingerprint density at radius 2 is 2.00 bits per heavy atom. The summed E-state index contributed by atoms with van der Waals surface area (Å²) in [5.41, 5.74) is 0.653. The molecule has 2 N–H and O–H groups in total. The predicted octanol–water partition coefficient (Wildman–Crippen LogP) is 0.475. The largest absolute Gasteiger partial charge is 0.509 e. The van der Waals surface area contributed by atoms with E-state index in [0.717, 1.165) is 0 Å². The molecule has 0 aliphatic heterocycles. The smallest absolute Gasteiger partial charge is 0.153 e. The first-order valence-electron chi connectivity index (χ1n) is 3.05. The molecule has 0 aromatic heterocycles. The van der Waals surface area contributed by atoms with Crippen molar-refractivity contribution in [3.63, 3.8) is 0 Å². The van der Waals surface area contributed by atoms with Gasteiger partial charge in [-0.25, -0.2) is 0 Å². The first-order chi connectivity index (χ1) is 4.74. The Bertz CT molecular complexity index is 235. The van der Waals surface area contributed by atoms with Crippen molar-refractivity contribution in [2.45, 2.75) is 6.82 Å². The maximum Gasteiger partial charge on any atom is 0.153 e. The van der Waals surface area contributed by atoms with Crippen LogP contribution < -0.4 is 5.46 Å². The maximum atomic E-state index is 9.09. The molecule has 0 aliphatic carbocycles. The molecule has 0 saturated heterocycles. The van der Waals surface area contributed by atoms with Gasteiger partial charge in [-0.05, 0) is 23.7 Å². The van der Waals surface area contributed by atoms with Gasteiger partial charge >= 0.3 is 0 Å². The van der Waals surface area contributed by atoms with Gasteiger partial charge in [0.1, 0.15) is 11.5 Å². The minimum atomic E-state index is 0.172. The molecule has 0 aliphatic rings. The van der Waals surface area contributed by atoms with E-state index >= 15 is 0 Å². The van der Waals surface area contributed by atoms with Gasteiger partial charge < -0.3 is 10.2 Å². The quantitative estimate of drug-likeness (QED) is 0.434. The molecule has 1 aromatic carbocycles. The van der Waals surface area contributed by atoms with Crippen LogP contribution in [0.5, 0.6) is 11.5 Å². The van der Waals surface area contributed by atoms with Gasteiger partial charge in [0.05, 0.1) is 0 Å². The molecule has 2 nitrogen and oxygen atoms in total. The summed E-state index contributed by atoms with van der Waals surface area (Å²) < 4.78 is 0. The molecule has 0 amide bonds. The van der Waals surface area contributed by atoms with Crippen molar-refractivity contribution in [1.29, 1.82) is 0 Å². The fourth-order valence-corrected chi connectivity index (χ4v) is 0.773. The van der Waals surface area contributed by atoms with E-state index in [2.05, 4.69) is 0 Å². The number of hydrogen-bond acceptors (Lipinski definition) is 2. The van der Waals surface area contributed by atoms with Crippen LogP contribution in [0.3, 0.4) is 0 Å². The van der Waals surface area contributed by atoms with Crippen molar-refractivity contribution in [1.82, 2.24) is 0 Å². The highest BCUT2D eigenvalue weighted by Crippen LogP contribution is 2.11. The van der Waals surface area contributed by atoms with Crippen molar-refractivity contribution >= 4 is 12.7 Å². The minimum absolute atomic E-state index is 0.172.